The summed E-state index contributed by atoms with van der Waals surface area (Å²) in [5.74, 6) is 0.540. The molecule has 0 aromatic heterocycles. The summed E-state index contributed by atoms with van der Waals surface area (Å²) in [6.45, 7) is 0.797. The number of fused-ring (bicyclic) bond motifs is 2. The largest absolute Gasteiger partial charge is 0.383 e. The smallest absolute Gasteiger partial charge is 0.293 e. The number of benzene rings is 1. The third-order valence-electron chi connectivity index (χ3n) is 4.38. The highest BCUT2D eigenvalue weighted by atomic mass is 16.6. The Morgan fingerprint density at radius 1 is 1.45 bits per heavy atom. The summed E-state index contributed by atoms with van der Waals surface area (Å²) in [7, 11) is 1.63. The molecule has 1 saturated carbocycles. The number of hydrogen-bond acceptors (Lipinski definition) is 4. The molecule has 2 bridgehead atoms. The van der Waals surface area contributed by atoms with Crippen LogP contribution in [0.4, 0.5) is 11.4 Å². The molecule has 2 unspecified atom stereocenters. The average Bonchev–Trinajstić information content (AvgIpc) is 3.08. The van der Waals surface area contributed by atoms with Gasteiger partial charge in [-0.05, 0) is 37.3 Å². The number of nitrogens with zero attached hydrogens (tertiary/aromatic N) is 2. The lowest BCUT2D eigenvalue weighted by Crippen LogP contribution is -2.37. The molecule has 2 fully saturated rings. The molecular weight excluding hydrogens is 258 g/mol. The van der Waals surface area contributed by atoms with Gasteiger partial charge in [0.05, 0.1) is 4.92 Å². The van der Waals surface area contributed by atoms with Gasteiger partial charge in [0.1, 0.15) is 5.69 Å². The minimum Gasteiger partial charge on any atom is -0.383 e. The number of carbonyl (C=O) groups excluding carboxylic acids is 1. The van der Waals surface area contributed by atoms with Crippen molar-refractivity contribution in [3.63, 3.8) is 0 Å². The van der Waals surface area contributed by atoms with Crippen LogP contribution in [0, 0.1) is 16.0 Å². The Balaban J connectivity index is 1.88. The van der Waals surface area contributed by atoms with Crippen LogP contribution in [0.5, 0.6) is 0 Å². The van der Waals surface area contributed by atoms with E-state index in [1.54, 1.807) is 19.2 Å². The summed E-state index contributed by atoms with van der Waals surface area (Å²) >= 11 is 0. The Hall–Kier alpha value is -2.11. The zero-order valence-corrected chi connectivity index (χ0v) is 11.3. The zero-order valence-electron chi connectivity index (χ0n) is 11.3. The number of amides is 1. The maximum atomic E-state index is 12.5. The number of nitrogens with one attached hydrogen (secondary N) is 1. The van der Waals surface area contributed by atoms with Gasteiger partial charge < -0.3 is 10.2 Å². The van der Waals surface area contributed by atoms with Crippen molar-refractivity contribution >= 4 is 17.3 Å². The van der Waals surface area contributed by atoms with Crippen LogP contribution in [-0.4, -0.2) is 35.4 Å². The van der Waals surface area contributed by atoms with Crippen LogP contribution in [0.2, 0.25) is 0 Å². The van der Waals surface area contributed by atoms with E-state index in [4.69, 9.17) is 0 Å². The molecular formula is C14H17N3O3. The lowest BCUT2D eigenvalue weighted by atomic mass is 10.1. The highest BCUT2D eigenvalue weighted by molar-refractivity contribution is 5.96. The molecule has 1 aromatic carbocycles. The number of piperidine rings is 1. The fourth-order valence-corrected chi connectivity index (χ4v) is 3.37. The van der Waals surface area contributed by atoms with E-state index in [1.165, 1.54) is 12.5 Å². The number of hydrogen-bond donors (Lipinski definition) is 1. The molecule has 0 spiro atoms. The fourth-order valence-electron chi connectivity index (χ4n) is 3.37. The van der Waals surface area contributed by atoms with Crippen LogP contribution in [0.25, 0.3) is 0 Å². The second-order valence-electron chi connectivity index (χ2n) is 5.53. The Labute approximate surface area is 116 Å². The van der Waals surface area contributed by atoms with Crippen molar-refractivity contribution in [3.05, 3.63) is 33.9 Å². The van der Waals surface area contributed by atoms with Crippen LogP contribution in [-0.2, 0) is 0 Å². The monoisotopic (exact) mass is 275 g/mol. The molecule has 1 heterocycles. The molecule has 0 radical (unpaired) electrons. The van der Waals surface area contributed by atoms with Crippen LogP contribution < -0.4 is 5.32 Å². The van der Waals surface area contributed by atoms with Gasteiger partial charge in [0.2, 0.25) is 0 Å². The first kappa shape index (κ1) is 12.9. The lowest BCUT2D eigenvalue weighted by Gasteiger charge is -2.27. The Kier molecular flexibility index (Phi) is 3.08. The molecule has 1 aromatic rings. The molecule has 1 amide bonds. The normalized spacial score (nSPS) is 23.9. The van der Waals surface area contributed by atoms with Crippen molar-refractivity contribution in [3.8, 4) is 0 Å². The molecule has 6 heteroatoms. The number of likely N-dealkylation sites (tertiary alicyclic amines) is 1. The van der Waals surface area contributed by atoms with Gasteiger partial charge in [0.15, 0.2) is 0 Å². The van der Waals surface area contributed by atoms with E-state index in [2.05, 4.69) is 5.32 Å². The van der Waals surface area contributed by atoms with Crippen LogP contribution >= 0.6 is 0 Å². The molecule has 2 atom stereocenters. The van der Waals surface area contributed by atoms with Crippen molar-refractivity contribution in [2.75, 3.05) is 18.9 Å². The second kappa shape index (κ2) is 4.77. The number of nitro benzene ring substituents is 1. The summed E-state index contributed by atoms with van der Waals surface area (Å²) in [6, 6.07) is 4.96. The average molecular weight is 275 g/mol. The summed E-state index contributed by atoms with van der Waals surface area (Å²) in [5, 5.41) is 13.8. The maximum absolute atomic E-state index is 12.5. The Morgan fingerprint density at radius 2 is 2.25 bits per heavy atom. The molecule has 106 valence electrons. The molecule has 1 saturated heterocycles. The van der Waals surface area contributed by atoms with E-state index >= 15 is 0 Å². The Morgan fingerprint density at radius 3 is 2.80 bits per heavy atom. The molecule has 1 aliphatic carbocycles. The molecule has 1 N–H and O–H groups in total. The van der Waals surface area contributed by atoms with E-state index < -0.39 is 4.92 Å². The summed E-state index contributed by atoms with van der Waals surface area (Å²) < 4.78 is 0. The van der Waals surface area contributed by atoms with E-state index in [9.17, 15) is 14.9 Å². The maximum Gasteiger partial charge on any atom is 0.293 e. The molecule has 3 rings (SSSR count). The van der Waals surface area contributed by atoms with Gasteiger partial charge in [-0.15, -0.1) is 0 Å². The molecule has 20 heavy (non-hydrogen) atoms. The Bertz CT molecular complexity index is 573. The van der Waals surface area contributed by atoms with Crippen molar-refractivity contribution in [1.29, 1.82) is 0 Å². The zero-order chi connectivity index (χ0) is 14.3. The van der Waals surface area contributed by atoms with Gasteiger partial charge in [0.25, 0.3) is 11.6 Å². The van der Waals surface area contributed by atoms with Gasteiger partial charge in [0, 0.05) is 31.3 Å². The standard InChI is InChI=1S/C14H17N3O3/c1-15-12-5-3-10(7-13(12)17(19)20)14(18)16-8-9-2-4-11(16)6-9/h3,5,7,9,11,15H,2,4,6,8H2,1H3. The topological polar surface area (TPSA) is 75.5 Å². The first-order valence-corrected chi connectivity index (χ1v) is 6.87. The van der Waals surface area contributed by atoms with Crippen molar-refractivity contribution in [2.45, 2.75) is 25.3 Å². The van der Waals surface area contributed by atoms with Gasteiger partial charge in [-0.1, -0.05) is 0 Å². The minimum atomic E-state index is -0.460. The lowest BCUT2D eigenvalue weighted by molar-refractivity contribution is -0.384. The van der Waals surface area contributed by atoms with E-state index in [0.717, 1.165) is 19.4 Å². The van der Waals surface area contributed by atoms with Crippen LogP contribution in [0.1, 0.15) is 29.6 Å². The number of anilines is 1. The van der Waals surface area contributed by atoms with E-state index in [-0.39, 0.29) is 11.6 Å². The molecule has 2 aliphatic rings. The predicted molar refractivity (Wildman–Crippen MR) is 74.8 cm³/mol. The minimum absolute atomic E-state index is 0.0530. The molecule has 1 aliphatic heterocycles. The summed E-state index contributed by atoms with van der Waals surface area (Å²) in [6.07, 6.45) is 3.35. The SMILES string of the molecule is CNc1ccc(C(=O)N2CC3CCC2C3)cc1[N+](=O)[O-]. The van der Waals surface area contributed by atoms with E-state index in [0.29, 0.717) is 23.2 Å². The van der Waals surface area contributed by atoms with Crippen LogP contribution in [0.15, 0.2) is 18.2 Å². The van der Waals surface area contributed by atoms with Gasteiger partial charge >= 0.3 is 0 Å². The van der Waals surface area contributed by atoms with Gasteiger partial charge in [-0.2, -0.15) is 0 Å². The quantitative estimate of drug-likeness (QED) is 0.678. The molecule has 6 nitrogen and oxygen atoms in total. The number of nitro groups is 1. The van der Waals surface area contributed by atoms with Gasteiger partial charge in [-0.3, -0.25) is 14.9 Å². The van der Waals surface area contributed by atoms with Crippen molar-refractivity contribution < 1.29 is 9.72 Å². The number of rotatable bonds is 3. The first-order valence-electron chi connectivity index (χ1n) is 6.87. The third-order valence-corrected chi connectivity index (χ3v) is 4.38. The summed E-state index contributed by atoms with van der Waals surface area (Å²) in [4.78, 5) is 25.0. The van der Waals surface area contributed by atoms with Crippen molar-refractivity contribution in [1.82, 2.24) is 4.90 Å². The van der Waals surface area contributed by atoms with Crippen molar-refractivity contribution in [2.24, 2.45) is 5.92 Å². The first-order chi connectivity index (χ1) is 9.60. The number of carbonyl (C=O) groups is 1. The summed E-state index contributed by atoms with van der Waals surface area (Å²) in [5.41, 5.74) is 0.778. The third kappa shape index (κ3) is 2.01. The van der Waals surface area contributed by atoms with Gasteiger partial charge in [-0.25, -0.2) is 0 Å². The second-order valence-corrected chi connectivity index (χ2v) is 5.53. The highest BCUT2D eigenvalue weighted by Crippen LogP contribution is 2.38. The highest BCUT2D eigenvalue weighted by Gasteiger charge is 2.40. The fraction of sp³-hybridized carbons (Fsp3) is 0.500. The predicted octanol–water partition coefficient (Wildman–Crippen LogP) is 2.26. The van der Waals surface area contributed by atoms with E-state index in [1.807, 2.05) is 4.90 Å². The van der Waals surface area contributed by atoms with Crippen LogP contribution in [0.3, 0.4) is 0 Å².